The van der Waals surface area contributed by atoms with E-state index in [4.69, 9.17) is 0 Å². The molecular weight excluding hydrogens is 455 g/mol. The Labute approximate surface area is 158 Å². The maximum atomic E-state index is 12.6. The smallest absolute Gasteiger partial charge is 0.358 e. The third-order valence-corrected chi connectivity index (χ3v) is 5.78. The lowest BCUT2D eigenvalue weighted by molar-refractivity contribution is -0.391. The number of fused-ring (bicyclic) bond motifs is 1. The number of imidazole rings is 1. The first-order valence-corrected chi connectivity index (χ1v) is 9.64. The van der Waals surface area contributed by atoms with E-state index in [2.05, 4.69) is 20.9 Å². The van der Waals surface area contributed by atoms with E-state index in [0.29, 0.717) is 16.6 Å². The molecule has 0 saturated carbocycles. The number of hydrogen-bond donors (Lipinski definition) is 0. The molecule has 2 heterocycles. The topological polar surface area (TPSA) is 94.6 Å². The molecule has 0 N–H and O–H groups in total. The first-order valence-electron chi connectivity index (χ1n) is 7.20. The van der Waals surface area contributed by atoms with Gasteiger partial charge in [0, 0.05) is 6.07 Å². The van der Waals surface area contributed by atoms with Crippen molar-refractivity contribution in [3.05, 3.63) is 68.4 Å². The van der Waals surface area contributed by atoms with E-state index < -0.39 is 38.1 Å². The number of aromatic nitrogens is 2. The number of rotatable bonds is 4. The molecule has 0 amide bonds. The van der Waals surface area contributed by atoms with Crippen LogP contribution in [0.5, 0.6) is 0 Å². The lowest BCUT2D eigenvalue weighted by Crippen LogP contribution is -2.09. The van der Waals surface area contributed by atoms with E-state index in [9.17, 15) is 31.7 Å². The van der Waals surface area contributed by atoms with Gasteiger partial charge in [-0.3, -0.25) is 0 Å². The van der Waals surface area contributed by atoms with Gasteiger partial charge in [0.1, 0.15) is 11.9 Å². The SMILES string of the molecule is O=[N+]([O-])c1c(CS(=O)(=O)c2ccc(C(F)(F)F)cc2)nc2ccc(Br)cn12. The van der Waals surface area contributed by atoms with Crippen LogP contribution in [0.4, 0.5) is 19.0 Å². The highest BCUT2D eigenvalue weighted by Crippen LogP contribution is 2.31. The molecule has 0 spiro atoms. The Bertz CT molecular complexity index is 1140. The first kappa shape index (κ1) is 19.3. The summed E-state index contributed by atoms with van der Waals surface area (Å²) in [7, 11) is -4.15. The summed E-state index contributed by atoms with van der Waals surface area (Å²) in [5, 5.41) is 11.4. The quantitative estimate of drug-likeness (QED) is 0.430. The molecule has 0 atom stereocenters. The van der Waals surface area contributed by atoms with Crippen LogP contribution in [0.3, 0.4) is 0 Å². The minimum absolute atomic E-state index is 0.169. The Morgan fingerprint density at radius 3 is 2.33 bits per heavy atom. The third kappa shape index (κ3) is 3.81. The molecule has 3 aromatic rings. The summed E-state index contributed by atoms with van der Waals surface area (Å²) in [5.74, 6) is -1.35. The van der Waals surface area contributed by atoms with Gasteiger partial charge in [-0.2, -0.15) is 17.6 Å². The van der Waals surface area contributed by atoms with Crippen LogP contribution in [0.1, 0.15) is 11.3 Å². The summed E-state index contributed by atoms with van der Waals surface area (Å²) in [6, 6.07) is 5.96. The van der Waals surface area contributed by atoms with E-state index in [1.54, 1.807) is 6.07 Å². The summed E-state index contributed by atoms with van der Waals surface area (Å²) in [4.78, 5) is 14.2. The van der Waals surface area contributed by atoms with Crippen molar-refractivity contribution in [2.24, 2.45) is 0 Å². The molecule has 27 heavy (non-hydrogen) atoms. The molecule has 0 bridgehead atoms. The Kier molecular flexibility index (Phi) is 4.72. The molecule has 12 heteroatoms. The molecule has 0 radical (unpaired) electrons. The van der Waals surface area contributed by atoms with Crippen LogP contribution in [0.2, 0.25) is 0 Å². The van der Waals surface area contributed by atoms with Crippen LogP contribution in [-0.4, -0.2) is 22.7 Å². The Hall–Kier alpha value is -2.47. The van der Waals surface area contributed by atoms with Crippen molar-refractivity contribution in [3.8, 4) is 0 Å². The van der Waals surface area contributed by atoms with E-state index in [1.807, 2.05) is 0 Å². The fraction of sp³-hybridized carbons (Fsp3) is 0.133. The van der Waals surface area contributed by atoms with Gasteiger partial charge in [-0.15, -0.1) is 0 Å². The highest BCUT2D eigenvalue weighted by molar-refractivity contribution is 9.10. The van der Waals surface area contributed by atoms with Gasteiger partial charge >= 0.3 is 12.0 Å². The summed E-state index contributed by atoms with van der Waals surface area (Å²) in [6.45, 7) is 0. The highest BCUT2D eigenvalue weighted by Gasteiger charge is 2.32. The molecule has 0 aliphatic heterocycles. The van der Waals surface area contributed by atoms with Gasteiger partial charge in [-0.1, -0.05) is 0 Å². The second-order valence-corrected chi connectivity index (χ2v) is 8.40. The fourth-order valence-corrected chi connectivity index (χ4v) is 4.07. The molecule has 7 nitrogen and oxygen atoms in total. The zero-order valence-electron chi connectivity index (χ0n) is 13.1. The van der Waals surface area contributed by atoms with Gasteiger partial charge in [-0.25, -0.2) is 13.4 Å². The van der Waals surface area contributed by atoms with Crippen LogP contribution < -0.4 is 0 Å². The van der Waals surface area contributed by atoms with Crippen molar-refractivity contribution < 1.29 is 26.5 Å². The molecule has 2 aromatic heterocycles. The second-order valence-electron chi connectivity index (χ2n) is 5.50. The fourth-order valence-electron chi connectivity index (χ4n) is 2.46. The van der Waals surface area contributed by atoms with E-state index in [-0.39, 0.29) is 16.2 Å². The predicted octanol–water partition coefficient (Wildman–Crippen LogP) is 4.00. The van der Waals surface area contributed by atoms with Crippen LogP contribution >= 0.6 is 15.9 Å². The molecule has 0 aliphatic rings. The third-order valence-electron chi connectivity index (χ3n) is 3.67. The summed E-state index contributed by atoms with van der Waals surface area (Å²) < 4.78 is 64.5. The van der Waals surface area contributed by atoms with Gasteiger partial charge in [0.05, 0.1) is 14.9 Å². The van der Waals surface area contributed by atoms with Crippen molar-refractivity contribution >= 4 is 37.2 Å². The molecule has 0 unspecified atom stereocenters. The average Bonchev–Trinajstić information content (AvgIpc) is 2.90. The Balaban J connectivity index is 2.03. The summed E-state index contributed by atoms with van der Waals surface area (Å²) >= 11 is 3.16. The second kappa shape index (κ2) is 6.60. The Morgan fingerprint density at radius 1 is 1.15 bits per heavy atom. The summed E-state index contributed by atoms with van der Waals surface area (Å²) in [5.41, 5.74) is -1.13. The van der Waals surface area contributed by atoms with Gasteiger partial charge in [0.2, 0.25) is 5.65 Å². The Morgan fingerprint density at radius 2 is 1.78 bits per heavy atom. The van der Waals surface area contributed by atoms with Crippen molar-refractivity contribution in [1.82, 2.24) is 9.38 Å². The van der Waals surface area contributed by atoms with E-state index in [1.165, 1.54) is 12.3 Å². The van der Waals surface area contributed by atoms with E-state index in [0.717, 1.165) is 16.5 Å². The highest BCUT2D eigenvalue weighted by atomic mass is 79.9. The molecule has 3 rings (SSSR count). The number of nitro groups is 1. The van der Waals surface area contributed by atoms with Gasteiger partial charge in [-0.05, 0) is 51.2 Å². The number of nitrogens with zero attached hydrogens (tertiary/aromatic N) is 3. The van der Waals surface area contributed by atoms with Crippen LogP contribution in [-0.2, 0) is 21.8 Å². The number of halogens is 4. The van der Waals surface area contributed by atoms with Crippen molar-refractivity contribution in [3.63, 3.8) is 0 Å². The maximum Gasteiger partial charge on any atom is 0.416 e. The summed E-state index contributed by atoms with van der Waals surface area (Å²) in [6.07, 6.45) is -3.23. The van der Waals surface area contributed by atoms with Crippen molar-refractivity contribution in [2.75, 3.05) is 0 Å². The van der Waals surface area contributed by atoms with Crippen LogP contribution in [0.15, 0.2) is 52.0 Å². The van der Waals surface area contributed by atoms with Gasteiger partial charge < -0.3 is 10.1 Å². The number of hydrogen-bond acceptors (Lipinski definition) is 5. The monoisotopic (exact) mass is 463 g/mol. The lowest BCUT2D eigenvalue weighted by Gasteiger charge is -2.08. The molecule has 0 fully saturated rings. The lowest BCUT2D eigenvalue weighted by atomic mass is 10.2. The van der Waals surface area contributed by atoms with Crippen LogP contribution in [0.25, 0.3) is 5.65 Å². The number of benzene rings is 1. The maximum absolute atomic E-state index is 12.6. The molecule has 1 aromatic carbocycles. The number of sulfone groups is 1. The molecular formula is C15H9BrF3N3O4S. The zero-order chi connectivity index (χ0) is 20.0. The van der Waals surface area contributed by atoms with Crippen molar-refractivity contribution in [1.29, 1.82) is 0 Å². The number of alkyl halides is 3. The van der Waals surface area contributed by atoms with E-state index >= 15 is 0 Å². The first-order chi connectivity index (χ1) is 12.5. The molecule has 0 saturated heterocycles. The van der Waals surface area contributed by atoms with Gasteiger partial charge in [0.25, 0.3) is 0 Å². The predicted molar refractivity (Wildman–Crippen MR) is 91.9 cm³/mol. The largest absolute Gasteiger partial charge is 0.416 e. The van der Waals surface area contributed by atoms with Crippen molar-refractivity contribution in [2.45, 2.75) is 16.8 Å². The zero-order valence-corrected chi connectivity index (χ0v) is 15.5. The number of pyridine rings is 1. The molecule has 0 aliphatic carbocycles. The normalized spacial score (nSPS) is 12.4. The molecule has 142 valence electrons. The average molecular weight is 464 g/mol. The van der Waals surface area contributed by atoms with Crippen LogP contribution in [0, 0.1) is 10.1 Å². The standard InChI is InChI=1S/C15H9BrF3N3O4S/c16-10-3-6-13-20-12(14(22(23)24)21(13)7-10)8-27(25,26)11-4-1-9(2-5-11)15(17,18)19/h1-7H,8H2. The minimum Gasteiger partial charge on any atom is -0.358 e. The minimum atomic E-state index is -4.60. The van der Waals surface area contributed by atoms with Gasteiger partial charge in [0.15, 0.2) is 15.5 Å².